The minimum atomic E-state index is -3.93. The fourth-order valence-electron chi connectivity index (χ4n) is 3.90. The quantitative estimate of drug-likeness (QED) is 0.486. The maximum absolute atomic E-state index is 13.5. The number of anilines is 1. The molecule has 0 saturated carbocycles. The van der Waals surface area contributed by atoms with Gasteiger partial charge in [0.25, 0.3) is 10.0 Å². The van der Waals surface area contributed by atoms with Crippen molar-refractivity contribution in [3.63, 3.8) is 0 Å². The molecule has 0 aromatic heterocycles. The lowest BCUT2D eigenvalue weighted by Crippen LogP contribution is -2.42. The molecule has 3 aromatic carbocycles. The smallest absolute Gasteiger partial charge is 0.264 e. The standard InChI is InChI=1S/C27H32N2O3S/c1-6-26(23-13-12-21(4)22(5)17-23)28-27(30)18-29(24-15-19(2)14-20(3)16-24)33(31,32)25-10-8-7-9-11-25/h7-17,26H,6,18H2,1-5H3,(H,28,30). The van der Waals surface area contributed by atoms with Crippen LogP contribution in [0.1, 0.15) is 47.2 Å². The number of hydrogen-bond donors (Lipinski definition) is 1. The minimum absolute atomic E-state index is 0.151. The lowest BCUT2D eigenvalue weighted by atomic mass is 9.99. The van der Waals surface area contributed by atoms with E-state index in [1.54, 1.807) is 42.5 Å². The van der Waals surface area contributed by atoms with Crippen LogP contribution in [0, 0.1) is 27.7 Å². The molecule has 0 aliphatic rings. The van der Waals surface area contributed by atoms with E-state index in [2.05, 4.69) is 18.3 Å². The van der Waals surface area contributed by atoms with Gasteiger partial charge in [-0.05, 0) is 86.2 Å². The van der Waals surface area contributed by atoms with Crippen molar-refractivity contribution in [1.29, 1.82) is 0 Å². The van der Waals surface area contributed by atoms with Crippen LogP contribution in [-0.4, -0.2) is 20.9 Å². The number of carbonyl (C=O) groups is 1. The van der Waals surface area contributed by atoms with Crippen molar-refractivity contribution in [2.24, 2.45) is 0 Å². The van der Waals surface area contributed by atoms with Crippen LogP contribution in [0.2, 0.25) is 0 Å². The van der Waals surface area contributed by atoms with Crippen LogP contribution in [0.15, 0.2) is 71.6 Å². The molecule has 0 saturated heterocycles. The second-order valence-corrected chi connectivity index (χ2v) is 10.4. The number of carbonyl (C=O) groups excluding carboxylic acids is 1. The van der Waals surface area contributed by atoms with Gasteiger partial charge in [-0.15, -0.1) is 0 Å². The van der Waals surface area contributed by atoms with E-state index in [0.29, 0.717) is 12.1 Å². The number of sulfonamides is 1. The molecule has 1 atom stereocenters. The number of rotatable bonds is 8. The molecule has 0 heterocycles. The van der Waals surface area contributed by atoms with Crippen LogP contribution >= 0.6 is 0 Å². The van der Waals surface area contributed by atoms with Gasteiger partial charge >= 0.3 is 0 Å². The van der Waals surface area contributed by atoms with Gasteiger partial charge in [-0.25, -0.2) is 8.42 Å². The van der Waals surface area contributed by atoms with Crippen LogP contribution in [0.4, 0.5) is 5.69 Å². The Morgan fingerprint density at radius 2 is 1.52 bits per heavy atom. The van der Waals surface area contributed by atoms with E-state index < -0.39 is 10.0 Å². The lowest BCUT2D eigenvalue weighted by molar-refractivity contribution is -0.120. The van der Waals surface area contributed by atoms with Gasteiger partial charge < -0.3 is 5.32 Å². The zero-order valence-corrected chi connectivity index (χ0v) is 20.7. The fourth-order valence-corrected chi connectivity index (χ4v) is 5.33. The maximum Gasteiger partial charge on any atom is 0.264 e. The molecular weight excluding hydrogens is 432 g/mol. The predicted molar refractivity (Wildman–Crippen MR) is 134 cm³/mol. The fraction of sp³-hybridized carbons (Fsp3) is 0.296. The number of benzene rings is 3. The van der Waals surface area contributed by atoms with E-state index in [0.717, 1.165) is 22.3 Å². The van der Waals surface area contributed by atoms with Gasteiger partial charge in [0.05, 0.1) is 16.6 Å². The molecule has 3 rings (SSSR count). The van der Waals surface area contributed by atoms with Gasteiger partial charge in [0, 0.05) is 0 Å². The topological polar surface area (TPSA) is 66.5 Å². The monoisotopic (exact) mass is 464 g/mol. The summed E-state index contributed by atoms with van der Waals surface area (Å²) >= 11 is 0. The summed E-state index contributed by atoms with van der Waals surface area (Å²) in [5.41, 5.74) is 5.70. The summed E-state index contributed by atoms with van der Waals surface area (Å²) in [4.78, 5) is 13.3. The molecule has 6 heteroatoms. The number of amides is 1. The Morgan fingerprint density at radius 3 is 2.09 bits per heavy atom. The summed E-state index contributed by atoms with van der Waals surface area (Å²) < 4.78 is 28.3. The first-order valence-corrected chi connectivity index (χ1v) is 12.6. The average Bonchev–Trinajstić information content (AvgIpc) is 2.77. The second kappa shape index (κ2) is 10.2. The van der Waals surface area contributed by atoms with Gasteiger partial charge in [0.15, 0.2) is 0 Å². The summed E-state index contributed by atoms with van der Waals surface area (Å²) in [5, 5.41) is 3.04. The van der Waals surface area contributed by atoms with Crippen molar-refractivity contribution >= 4 is 21.6 Å². The van der Waals surface area contributed by atoms with Crippen LogP contribution in [0.3, 0.4) is 0 Å². The Hall–Kier alpha value is -3.12. The third-order valence-electron chi connectivity index (χ3n) is 5.79. The molecule has 0 fully saturated rings. The molecule has 0 radical (unpaired) electrons. The summed E-state index contributed by atoms with van der Waals surface area (Å²) in [6, 6.07) is 19.7. The molecule has 1 N–H and O–H groups in total. The Balaban J connectivity index is 1.94. The molecule has 3 aromatic rings. The van der Waals surface area contributed by atoms with Gasteiger partial charge in [0.1, 0.15) is 6.54 Å². The molecule has 1 unspecified atom stereocenters. The zero-order valence-electron chi connectivity index (χ0n) is 19.9. The highest BCUT2D eigenvalue weighted by atomic mass is 32.2. The normalized spacial score (nSPS) is 12.3. The summed E-state index contributed by atoms with van der Waals surface area (Å²) in [5.74, 6) is -0.348. The van der Waals surface area contributed by atoms with Crippen molar-refractivity contribution in [3.05, 3.63) is 94.5 Å². The van der Waals surface area contributed by atoms with Gasteiger partial charge in [-0.3, -0.25) is 9.10 Å². The van der Waals surface area contributed by atoms with Crippen molar-refractivity contribution < 1.29 is 13.2 Å². The van der Waals surface area contributed by atoms with Crippen LogP contribution < -0.4 is 9.62 Å². The zero-order chi connectivity index (χ0) is 24.2. The van der Waals surface area contributed by atoms with E-state index in [1.807, 2.05) is 45.9 Å². The van der Waals surface area contributed by atoms with E-state index in [-0.39, 0.29) is 23.4 Å². The van der Waals surface area contributed by atoms with Crippen LogP contribution in [0.25, 0.3) is 0 Å². The van der Waals surface area contributed by atoms with Crippen molar-refractivity contribution in [2.75, 3.05) is 10.8 Å². The van der Waals surface area contributed by atoms with Gasteiger partial charge in [-0.1, -0.05) is 49.4 Å². The molecule has 0 aliphatic heterocycles. The molecule has 174 valence electrons. The molecule has 0 aliphatic carbocycles. The summed E-state index contributed by atoms with van der Waals surface area (Å²) in [7, 11) is -3.93. The lowest BCUT2D eigenvalue weighted by Gasteiger charge is -2.26. The molecule has 0 bridgehead atoms. The van der Waals surface area contributed by atoms with E-state index in [9.17, 15) is 13.2 Å². The highest BCUT2D eigenvalue weighted by Crippen LogP contribution is 2.26. The Morgan fingerprint density at radius 1 is 0.879 bits per heavy atom. The largest absolute Gasteiger partial charge is 0.348 e. The van der Waals surface area contributed by atoms with Crippen molar-refractivity contribution in [3.8, 4) is 0 Å². The van der Waals surface area contributed by atoms with Crippen molar-refractivity contribution in [1.82, 2.24) is 5.32 Å². The first kappa shape index (κ1) is 24.5. The third-order valence-corrected chi connectivity index (χ3v) is 7.58. The Labute approximate surface area is 197 Å². The first-order chi connectivity index (χ1) is 15.6. The molecule has 1 amide bonds. The number of nitrogens with zero attached hydrogens (tertiary/aromatic N) is 1. The minimum Gasteiger partial charge on any atom is -0.348 e. The second-order valence-electron chi connectivity index (χ2n) is 8.54. The Kier molecular flexibility index (Phi) is 7.59. The Bertz CT molecular complexity index is 1220. The van der Waals surface area contributed by atoms with Crippen molar-refractivity contribution in [2.45, 2.75) is 52.0 Å². The maximum atomic E-state index is 13.5. The number of aryl methyl sites for hydroxylation is 4. The summed E-state index contributed by atoms with van der Waals surface area (Å²) in [6.45, 7) is 9.62. The number of nitrogens with one attached hydrogen (secondary N) is 1. The van der Waals surface area contributed by atoms with E-state index in [1.165, 1.54) is 9.87 Å². The van der Waals surface area contributed by atoms with Crippen LogP contribution in [-0.2, 0) is 14.8 Å². The SMILES string of the molecule is CCC(NC(=O)CN(c1cc(C)cc(C)c1)S(=O)(=O)c1ccccc1)c1ccc(C)c(C)c1. The van der Waals surface area contributed by atoms with Gasteiger partial charge in [0.2, 0.25) is 5.91 Å². The number of hydrogen-bond acceptors (Lipinski definition) is 3. The molecule has 33 heavy (non-hydrogen) atoms. The van der Waals surface area contributed by atoms with E-state index in [4.69, 9.17) is 0 Å². The molecule has 0 spiro atoms. The third kappa shape index (κ3) is 5.82. The van der Waals surface area contributed by atoms with Crippen LogP contribution in [0.5, 0.6) is 0 Å². The predicted octanol–water partition coefficient (Wildman–Crippen LogP) is 5.38. The average molecular weight is 465 g/mol. The molecule has 5 nitrogen and oxygen atoms in total. The highest BCUT2D eigenvalue weighted by molar-refractivity contribution is 7.92. The molecular formula is C27H32N2O3S. The van der Waals surface area contributed by atoms with Gasteiger partial charge in [-0.2, -0.15) is 0 Å². The first-order valence-electron chi connectivity index (χ1n) is 11.1. The van der Waals surface area contributed by atoms with E-state index >= 15 is 0 Å². The highest BCUT2D eigenvalue weighted by Gasteiger charge is 2.28. The summed E-state index contributed by atoms with van der Waals surface area (Å²) in [6.07, 6.45) is 0.698.